The van der Waals surface area contributed by atoms with Crippen LogP contribution in [0.3, 0.4) is 0 Å². The van der Waals surface area contributed by atoms with Crippen LogP contribution in [0.5, 0.6) is 0 Å². The summed E-state index contributed by atoms with van der Waals surface area (Å²) < 4.78 is 22.1. The third-order valence-corrected chi connectivity index (χ3v) is 11.3. The van der Waals surface area contributed by atoms with Gasteiger partial charge in [0.15, 0.2) is 0 Å². The van der Waals surface area contributed by atoms with E-state index < -0.39 is 99.9 Å². The number of hydrogen-bond donors (Lipinski definition) is 9. The number of aliphatic carboxylic acids is 2. The number of imide groups is 1. The maximum absolute atomic E-state index is 14.1. The fourth-order valence-corrected chi connectivity index (χ4v) is 7.67. The summed E-state index contributed by atoms with van der Waals surface area (Å²) in [6.07, 6.45) is 3.17. The van der Waals surface area contributed by atoms with Gasteiger partial charge in [-0.05, 0) is 61.8 Å². The van der Waals surface area contributed by atoms with Gasteiger partial charge in [-0.15, -0.1) is 4.48 Å². The number of nitrogens with one attached hydrogen (secondary N) is 2. The van der Waals surface area contributed by atoms with E-state index in [4.69, 9.17) is 28.0 Å². The Bertz CT molecular complexity index is 1980. The van der Waals surface area contributed by atoms with Gasteiger partial charge in [-0.25, -0.2) is 27.9 Å². The van der Waals surface area contributed by atoms with Gasteiger partial charge in [0.2, 0.25) is 18.2 Å². The zero-order valence-electron chi connectivity index (χ0n) is 34.2. The van der Waals surface area contributed by atoms with E-state index in [0.29, 0.717) is 27.6 Å². The number of aliphatic imine (C=N–C) groups is 1. The third kappa shape index (κ3) is 14.7. The number of thioether (sulfide) groups is 1. The Morgan fingerprint density at radius 2 is 1.34 bits per heavy atom. The van der Waals surface area contributed by atoms with E-state index in [1.807, 2.05) is 6.26 Å². The lowest BCUT2D eigenvalue weighted by molar-refractivity contribution is -0.619. The number of rotatable bonds is 26. The minimum absolute atomic E-state index is 0.0204. The number of carbonyl (C=O) groups excluding carboxylic acids is 5. The van der Waals surface area contributed by atoms with Crippen molar-refractivity contribution in [1.82, 2.24) is 14.9 Å². The van der Waals surface area contributed by atoms with Gasteiger partial charge in [-0.2, -0.15) is 11.8 Å². The van der Waals surface area contributed by atoms with Crippen LogP contribution in [0.2, 0.25) is 0 Å². The molecule has 2 unspecified atom stereocenters. The molecule has 22 heteroatoms. The number of hydrogen-bond acceptors (Lipinski definition) is 14. The van der Waals surface area contributed by atoms with Crippen molar-refractivity contribution in [2.45, 2.75) is 94.0 Å². The predicted octanol–water partition coefficient (Wildman–Crippen LogP) is -0.268. The van der Waals surface area contributed by atoms with E-state index in [-0.39, 0.29) is 57.2 Å². The molecule has 5 amide bonds. The molecule has 0 saturated heterocycles. The van der Waals surface area contributed by atoms with Crippen LogP contribution in [0.15, 0.2) is 77.6 Å². The SMILES string of the molecule is CSCC[C@H](N)C(=O)[N+]1(C(=O)[C@@H](N)CCC(=O)O)C=NC(C[C@H](N)C(=O)N[C@@H](Cc2ccccc2)C(=O)N[C@H](CCCCN)C(=O)N([C@@H](Cc2ccccc2)C(=O)O)S(=O)O)=C1. The Labute approximate surface area is 365 Å². The Morgan fingerprint density at radius 1 is 0.774 bits per heavy atom. The number of nitrogens with zero attached hydrogens (tertiary/aromatic N) is 3. The number of nitrogens with two attached hydrogens (primary N) is 4. The zero-order valence-corrected chi connectivity index (χ0v) is 35.9. The smallest absolute Gasteiger partial charge is 0.348 e. The van der Waals surface area contributed by atoms with Gasteiger partial charge in [0.1, 0.15) is 42.1 Å². The lowest BCUT2D eigenvalue weighted by Gasteiger charge is -2.30. The molecule has 3 rings (SSSR count). The second kappa shape index (κ2) is 25.0. The lowest BCUT2D eigenvalue weighted by Crippen LogP contribution is -2.61. The molecule has 2 aromatic carbocycles. The van der Waals surface area contributed by atoms with Crippen molar-refractivity contribution >= 4 is 70.8 Å². The molecule has 2 aromatic rings. The quantitative estimate of drug-likeness (QED) is 0.0333. The van der Waals surface area contributed by atoms with Gasteiger partial charge in [0.25, 0.3) is 17.2 Å². The topological polar surface area (TPSA) is 341 Å². The summed E-state index contributed by atoms with van der Waals surface area (Å²) in [5.41, 5.74) is 25.3. The highest BCUT2D eigenvalue weighted by molar-refractivity contribution is 7.98. The van der Waals surface area contributed by atoms with Crippen LogP contribution in [0, 0.1) is 0 Å². The molecule has 1 heterocycles. The van der Waals surface area contributed by atoms with E-state index in [9.17, 15) is 47.4 Å². The molecule has 20 nitrogen and oxygen atoms in total. The summed E-state index contributed by atoms with van der Waals surface area (Å²) >= 11 is -1.71. The van der Waals surface area contributed by atoms with Crippen molar-refractivity contribution in [3.8, 4) is 0 Å². The molecule has 0 fully saturated rings. The highest BCUT2D eigenvalue weighted by atomic mass is 32.2. The first kappa shape index (κ1) is 51.2. The highest BCUT2D eigenvalue weighted by Gasteiger charge is 2.50. The Kier molecular flexibility index (Phi) is 20.7. The van der Waals surface area contributed by atoms with Crippen molar-refractivity contribution in [3.05, 3.63) is 83.7 Å². The number of carboxylic acid groups (broad SMARTS) is 2. The summed E-state index contributed by atoms with van der Waals surface area (Å²) in [5, 5.41) is 24.4. The minimum Gasteiger partial charge on any atom is -0.481 e. The standard InChI is InChI=1S/C40H55N9O11S2/c1-61-19-17-29(43)39(56)49(38(55)28(42)15-16-34(50)51)23-27(45-24-49)22-30(44)35(52)47-32(20-25-10-4-2-5-11-25)36(53)46-31(14-8-9-18-41)37(54)48(62(59)60)33(40(57)58)21-26-12-6-3-7-13-26/h2-7,10-13,23-24,28-33H,8-9,14-22,41-44H2,1H3,(H4-,46,47,50,51,52,53,57,58,59,60)/p+1/t28-,29-,30-,31+,32-,33-,49?/m0/s1. The molecule has 0 bridgehead atoms. The molecule has 338 valence electrons. The Morgan fingerprint density at radius 3 is 1.87 bits per heavy atom. The second-order valence-electron chi connectivity index (χ2n) is 14.6. The average molecular weight is 903 g/mol. The summed E-state index contributed by atoms with van der Waals surface area (Å²) in [6.45, 7) is 0.214. The lowest BCUT2D eigenvalue weighted by atomic mass is 10.0. The second-order valence-corrected chi connectivity index (χ2v) is 16.4. The van der Waals surface area contributed by atoms with Crippen LogP contribution in [-0.4, -0.2) is 130 Å². The number of benzene rings is 2. The predicted molar refractivity (Wildman–Crippen MR) is 231 cm³/mol. The maximum Gasteiger partial charge on any atom is 0.348 e. The van der Waals surface area contributed by atoms with Crippen molar-refractivity contribution in [2.24, 2.45) is 27.9 Å². The number of amides is 5. The Hall–Kier alpha value is -5.20. The van der Waals surface area contributed by atoms with Gasteiger partial charge in [0.05, 0.1) is 6.04 Å². The fraction of sp³-hybridized carbons (Fsp3) is 0.450. The van der Waals surface area contributed by atoms with Crippen LogP contribution in [0.25, 0.3) is 0 Å². The monoisotopic (exact) mass is 902 g/mol. The number of carbonyl (C=O) groups is 7. The zero-order chi connectivity index (χ0) is 46.0. The molecule has 0 saturated carbocycles. The van der Waals surface area contributed by atoms with Crippen LogP contribution >= 0.6 is 11.8 Å². The molecular weight excluding hydrogens is 847 g/mol. The first-order chi connectivity index (χ1) is 29.4. The van der Waals surface area contributed by atoms with Crippen molar-refractivity contribution < 1.29 is 57.0 Å². The van der Waals surface area contributed by atoms with Crippen LogP contribution < -0.4 is 33.6 Å². The van der Waals surface area contributed by atoms with E-state index in [1.165, 1.54) is 11.8 Å². The molecular formula is C40H56N9O11S2+. The van der Waals surface area contributed by atoms with Gasteiger partial charge in [-0.1, -0.05) is 60.7 Å². The summed E-state index contributed by atoms with van der Waals surface area (Å²) in [5.74, 6) is -6.89. The van der Waals surface area contributed by atoms with Crippen LogP contribution in [0.1, 0.15) is 56.1 Å². The van der Waals surface area contributed by atoms with E-state index in [1.54, 1.807) is 60.7 Å². The van der Waals surface area contributed by atoms with Crippen LogP contribution in [0.4, 0.5) is 0 Å². The van der Waals surface area contributed by atoms with Gasteiger partial charge in [0, 0.05) is 25.7 Å². The largest absolute Gasteiger partial charge is 0.481 e. The fourth-order valence-electron chi connectivity index (χ4n) is 6.52. The number of quaternary nitrogens is 1. The third-order valence-electron chi connectivity index (χ3n) is 9.89. The van der Waals surface area contributed by atoms with Crippen molar-refractivity contribution in [3.63, 3.8) is 0 Å². The summed E-state index contributed by atoms with van der Waals surface area (Å²) in [6, 6.07) is 7.93. The molecule has 13 N–H and O–H groups in total. The highest BCUT2D eigenvalue weighted by Crippen LogP contribution is 2.25. The molecule has 0 radical (unpaired) electrons. The first-order valence-corrected chi connectivity index (χ1v) is 22.2. The number of carboxylic acids is 2. The molecule has 0 aliphatic carbocycles. The number of unbranched alkanes of at least 4 members (excludes halogenated alkanes) is 1. The summed E-state index contributed by atoms with van der Waals surface area (Å²) in [4.78, 5) is 97.2. The molecule has 8 atom stereocenters. The van der Waals surface area contributed by atoms with Gasteiger partial charge < -0.3 is 43.8 Å². The maximum atomic E-state index is 14.1. The van der Waals surface area contributed by atoms with Gasteiger partial charge >= 0.3 is 23.8 Å². The van der Waals surface area contributed by atoms with Crippen molar-refractivity contribution in [2.75, 3.05) is 18.6 Å². The average Bonchev–Trinajstić information content (AvgIpc) is 3.68. The minimum atomic E-state index is -3.14. The Balaban J connectivity index is 1.92. The molecule has 1 aliphatic heterocycles. The van der Waals surface area contributed by atoms with Crippen molar-refractivity contribution in [1.29, 1.82) is 0 Å². The van der Waals surface area contributed by atoms with E-state index >= 15 is 0 Å². The molecule has 62 heavy (non-hydrogen) atoms. The summed E-state index contributed by atoms with van der Waals surface area (Å²) in [7, 11) is 0. The molecule has 0 spiro atoms. The molecule has 0 aromatic heterocycles. The van der Waals surface area contributed by atoms with E-state index in [2.05, 4.69) is 15.6 Å². The van der Waals surface area contributed by atoms with Gasteiger partial charge in [-0.3, -0.25) is 23.7 Å². The molecule has 1 aliphatic rings. The first-order valence-electron chi connectivity index (χ1n) is 19.7. The van der Waals surface area contributed by atoms with Crippen LogP contribution in [-0.2, 0) is 57.7 Å². The normalized spacial score (nSPS) is 17.9. The van der Waals surface area contributed by atoms with E-state index in [0.717, 1.165) is 12.5 Å².